The lowest BCUT2D eigenvalue weighted by Gasteiger charge is -2.17. The molecule has 0 radical (unpaired) electrons. The molecule has 0 aliphatic carbocycles. The molecule has 0 bridgehead atoms. The van der Waals surface area contributed by atoms with Crippen LogP contribution in [-0.2, 0) is 0 Å². The van der Waals surface area contributed by atoms with Gasteiger partial charge in [0.25, 0.3) is 0 Å². The van der Waals surface area contributed by atoms with Crippen LogP contribution < -0.4 is 0 Å². The Morgan fingerprint density at radius 3 is 1.37 bits per heavy atom. The SMILES string of the molecule is Cc1cccc(C(=C(c2ccccc2)c2ccccc2)c2ccccc2)n1. The Hall–Kier alpha value is -3.45. The smallest absolute Gasteiger partial charge is 0.0717 e. The van der Waals surface area contributed by atoms with Crippen molar-refractivity contribution in [2.45, 2.75) is 6.92 Å². The van der Waals surface area contributed by atoms with Crippen LogP contribution in [0.5, 0.6) is 0 Å². The molecule has 27 heavy (non-hydrogen) atoms. The third kappa shape index (κ3) is 3.73. The topological polar surface area (TPSA) is 12.9 Å². The van der Waals surface area contributed by atoms with E-state index < -0.39 is 0 Å². The highest BCUT2D eigenvalue weighted by atomic mass is 14.7. The van der Waals surface area contributed by atoms with Crippen LogP contribution in [0.3, 0.4) is 0 Å². The van der Waals surface area contributed by atoms with Gasteiger partial charge in [0.2, 0.25) is 0 Å². The number of aromatic nitrogens is 1. The fourth-order valence-corrected chi connectivity index (χ4v) is 3.37. The summed E-state index contributed by atoms with van der Waals surface area (Å²) in [6.07, 6.45) is 0. The van der Waals surface area contributed by atoms with Crippen LogP contribution in [0.2, 0.25) is 0 Å². The molecule has 0 saturated heterocycles. The minimum Gasteiger partial charge on any atom is -0.253 e. The maximum Gasteiger partial charge on any atom is 0.0717 e. The second-order valence-corrected chi connectivity index (χ2v) is 6.51. The van der Waals surface area contributed by atoms with Gasteiger partial charge in [0.05, 0.1) is 5.69 Å². The summed E-state index contributed by atoms with van der Waals surface area (Å²) in [4.78, 5) is 4.86. The molecule has 0 aliphatic heterocycles. The number of aryl methyl sites for hydroxylation is 1. The van der Waals surface area contributed by atoms with Crippen molar-refractivity contribution in [3.8, 4) is 0 Å². The maximum absolute atomic E-state index is 4.86. The van der Waals surface area contributed by atoms with Crippen LogP contribution in [-0.4, -0.2) is 4.98 Å². The van der Waals surface area contributed by atoms with E-state index in [0.717, 1.165) is 17.0 Å². The van der Waals surface area contributed by atoms with Crippen molar-refractivity contribution in [2.75, 3.05) is 0 Å². The van der Waals surface area contributed by atoms with Crippen LogP contribution in [0.15, 0.2) is 109 Å². The summed E-state index contributed by atoms with van der Waals surface area (Å²) in [6, 6.07) is 37.9. The van der Waals surface area contributed by atoms with Gasteiger partial charge in [0, 0.05) is 11.3 Å². The van der Waals surface area contributed by atoms with E-state index in [1.54, 1.807) is 0 Å². The highest BCUT2D eigenvalue weighted by Gasteiger charge is 2.16. The third-order valence-electron chi connectivity index (χ3n) is 4.58. The Balaban J connectivity index is 2.10. The molecule has 1 heterocycles. The molecule has 0 saturated carbocycles. The minimum atomic E-state index is 0.990. The van der Waals surface area contributed by atoms with Crippen LogP contribution in [0, 0.1) is 6.92 Å². The monoisotopic (exact) mass is 347 g/mol. The molecule has 3 aromatic carbocycles. The van der Waals surface area contributed by atoms with Crippen LogP contribution >= 0.6 is 0 Å². The van der Waals surface area contributed by atoms with Crippen LogP contribution in [0.1, 0.15) is 28.1 Å². The van der Waals surface area contributed by atoms with Crippen molar-refractivity contribution in [1.29, 1.82) is 0 Å². The number of hydrogen-bond acceptors (Lipinski definition) is 1. The van der Waals surface area contributed by atoms with E-state index in [0.29, 0.717) is 0 Å². The summed E-state index contributed by atoms with van der Waals surface area (Å²) in [5, 5.41) is 0. The van der Waals surface area contributed by atoms with Crippen molar-refractivity contribution >= 4 is 11.1 Å². The highest BCUT2D eigenvalue weighted by Crippen LogP contribution is 2.35. The first-order valence-electron chi connectivity index (χ1n) is 9.17. The number of benzene rings is 3. The molecule has 4 aromatic rings. The van der Waals surface area contributed by atoms with Crippen molar-refractivity contribution in [3.05, 3.63) is 137 Å². The second kappa shape index (κ2) is 7.84. The largest absolute Gasteiger partial charge is 0.253 e. The lowest BCUT2D eigenvalue weighted by molar-refractivity contribution is 1.17. The predicted octanol–water partition coefficient (Wildman–Crippen LogP) is 6.40. The van der Waals surface area contributed by atoms with Crippen LogP contribution in [0.4, 0.5) is 0 Å². The summed E-state index contributed by atoms with van der Waals surface area (Å²) < 4.78 is 0. The zero-order valence-corrected chi connectivity index (χ0v) is 15.3. The number of rotatable bonds is 4. The Morgan fingerprint density at radius 2 is 0.926 bits per heavy atom. The van der Waals surface area contributed by atoms with Gasteiger partial charge < -0.3 is 0 Å². The van der Waals surface area contributed by atoms with E-state index in [1.807, 2.05) is 13.0 Å². The lowest BCUT2D eigenvalue weighted by atomic mass is 9.87. The first-order chi connectivity index (χ1) is 13.3. The van der Waals surface area contributed by atoms with Crippen LogP contribution in [0.25, 0.3) is 11.1 Å². The van der Waals surface area contributed by atoms with Gasteiger partial charge in [0.15, 0.2) is 0 Å². The summed E-state index contributed by atoms with van der Waals surface area (Å²) in [5.41, 5.74) is 7.89. The van der Waals surface area contributed by atoms with Gasteiger partial charge in [0.1, 0.15) is 0 Å². The molecule has 130 valence electrons. The summed E-state index contributed by atoms with van der Waals surface area (Å²) >= 11 is 0. The van der Waals surface area contributed by atoms with Gasteiger partial charge in [-0.25, -0.2) is 0 Å². The second-order valence-electron chi connectivity index (χ2n) is 6.51. The van der Waals surface area contributed by atoms with Gasteiger partial charge in [-0.05, 0) is 41.3 Å². The standard InChI is InChI=1S/C26H21N/c1-20-12-11-19-24(27-20)26(23-17-9-4-10-18-23)25(21-13-5-2-6-14-21)22-15-7-3-8-16-22/h2-19H,1H3. The van der Waals surface area contributed by atoms with Crippen molar-refractivity contribution < 1.29 is 0 Å². The molecule has 0 unspecified atom stereocenters. The predicted molar refractivity (Wildman–Crippen MR) is 113 cm³/mol. The number of nitrogens with zero attached hydrogens (tertiary/aromatic N) is 1. The lowest BCUT2D eigenvalue weighted by Crippen LogP contribution is -2.00. The van der Waals surface area contributed by atoms with Crippen molar-refractivity contribution in [3.63, 3.8) is 0 Å². The van der Waals surface area contributed by atoms with Gasteiger partial charge in [-0.1, -0.05) is 97.1 Å². The Kier molecular flexibility index (Phi) is 4.93. The summed E-state index contributed by atoms with van der Waals surface area (Å²) in [6.45, 7) is 2.04. The average molecular weight is 347 g/mol. The first-order valence-corrected chi connectivity index (χ1v) is 9.17. The fourth-order valence-electron chi connectivity index (χ4n) is 3.37. The number of pyridine rings is 1. The number of hydrogen-bond donors (Lipinski definition) is 0. The maximum atomic E-state index is 4.86. The van der Waals surface area contributed by atoms with Gasteiger partial charge in [-0.2, -0.15) is 0 Å². The zero-order chi connectivity index (χ0) is 18.5. The van der Waals surface area contributed by atoms with E-state index in [2.05, 4.69) is 103 Å². The average Bonchev–Trinajstić information content (AvgIpc) is 2.74. The molecule has 0 amide bonds. The molecule has 4 rings (SSSR count). The molecular formula is C26H21N. The minimum absolute atomic E-state index is 0.990. The highest BCUT2D eigenvalue weighted by molar-refractivity contribution is 6.03. The Morgan fingerprint density at radius 1 is 0.481 bits per heavy atom. The quantitative estimate of drug-likeness (QED) is 0.389. The Bertz CT molecular complexity index is 1010. The Labute approximate surface area is 160 Å². The molecule has 1 aromatic heterocycles. The summed E-state index contributed by atoms with van der Waals surface area (Å²) in [7, 11) is 0. The first kappa shape index (κ1) is 17.0. The molecule has 0 atom stereocenters. The molecule has 0 spiro atoms. The van der Waals surface area contributed by atoms with Crippen molar-refractivity contribution in [1.82, 2.24) is 4.98 Å². The zero-order valence-electron chi connectivity index (χ0n) is 15.3. The molecule has 0 aliphatic rings. The van der Waals surface area contributed by atoms with Gasteiger partial charge >= 0.3 is 0 Å². The third-order valence-corrected chi connectivity index (χ3v) is 4.58. The van der Waals surface area contributed by atoms with E-state index in [4.69, 9.17) is 4.98 Å². The molecule has 1 nitrogen and oxygen atoms in total. The van der Waals surface area contributed by atoms with E-state index in [1.165, 1.54) is 22.3 Å². The van der Waals surface area contributed by atoms with E-state index >= 15 is 0 Å². The van der Waals surface area contributed by atoms with Gasteiger partial charge in [-0.3, -0.25) is 4.98 Å². The van der Waals surface area contributed by atoms with Gasteiger partial charge in [-0.15, -0.1) is 0 Å². The normalized spacial score (nSPS) is 10.4. The molecule has 1 heteroatoms. The summed E-state index contributed by atoms with van der Waals surface area (Å²) in [5.74, 6) is 0. The van der Waals surface area contributed by atoms with E-state index in [-0.39, 0.29) is 0 Å². The molecular weight excluding hydrogens is 326 g/mol. The van der Waals surface area contributed by atoms with Crippen molar-refractivity contribution in [2.24, 2.45) is 0 Å². The molecule has 0 fully saturated rings. The van der Waals surface area contributed by atoms with E-state index in [9.17, 15) is 0 Å². The molecule has 0 N–H and O–H groups in total. The fraction of sp³-hybridized carbons (Fsp3) is 0.0385.